The fraction of sp³-hybridized carbons (Fsp3) is 0.667. The molecule has 3 nitrogen and oxygen atoms in total. The van der Waals surface area contributed by atoms with Crippen LogP contribution in [0.5, 0.6) is 5.88 Å². The van der Waals surface area contributed by atoms with Crippen LogP contribution in [0.1, 0.15) is 50.3 Å². The smallest absolute Gasteiger partial charge is 0.214 e. The summed E-state index contributed by atoms with van der Waals surface area (Å²) in [4.78, 5) is 4.39. The third kappa shape index (κ3) is 3.45. The SMILES string of the molecule is CCC1CCCC(Oc2cc(CO)cc(C)n2)C1. The van der Waals surface area contributed by atoms with Gasteiger partial charge in [-0.05, 0) is 43.7 Å². The van der Waals surface area contributed by atoms with Crippen molar-refractivity contribution in [2.45, 2.75) is 58.7 Å². The second-order valence-electron chi connectivity index (χ2n) is 5.29. The van der Waals surface area contributed by atoms with E-state index in [4.69, 9.17) is 4.74 Å². The van der Waals surface area contributed by atoms with Crippen molar-refractivity contribution >= 4 is 0 Å². The summed E-state index contributed by atoms with van der Waals surface area (Å²) in [5, 5.41) is 9.19. The quantitative estimate of drug-likeness (QED) is 0.890. The Morgan fingerprint density at radius 2 is 2.22 bits per heavy atom. The summed E-state index contributed by atoms with van der Waals surface area (Å²) in [5.74, 6) is 1.46. The number of aromatic nitrogens is 1. The number of aliphatic hydroxyl groups is 1. The van der Waals surface area contributed by atoms with E-state index < -0.39 is 0 Å². The lowest BCUT2D eigenvalue weighted by Gasteiger charge is -2.28. The lowest BCUT2D eigenvalue weighted by atomic mass is 9.85. The van der Waals surface area contributed by atoms with Gasteiger partial charge in [0.15, 0.2) is 0 Å². The minimum Gasteiger partial charge on any atom is -0.474 e. The van der Waals surface area contributed by atoms with Gasteiger partial charge in [-0.15, -0.1) is 0 Å². The highest BCUT2D eigenvalue weighted by Gasteiger charge is 2.22. The van der Waals surface area contributed by atoms with Gasteiger partial charge in [-0.1, -0.05) is 19.8 Å². The summed E-state index contributed by atoms with van der Waals surface area (Å²) in [6, 6.07) is 3.74. The van der Waals surface area contributed by atoms with Gasteiger partial charge in [-0.3, -0.25) is 0 Å². The average molecular weight is 249 g/mol. The highest BCUT2D eigenvalue weighted by atomic mass is 16.5. The summed E-state index contributed by atoms with van der Waals surface area (Å²) in [5.41, 5.74) is 1.78. The Balaban J connectivity index is 2.02. The van der Waals surface area contributed by atoms with Gasteiger partial charge in [0.2, 0.25) is 5.88 Å². The van der Waals surface area contributed by atoms with E-state index in [0.717, 1.165) is 30.0 Å². The Morgan fingerprint density at radius 3 is 2.94 bits per heavy atom. The zero-order chi connectivity index (χ0) is 13.0. The van der Waals surface area contributed by atoms with Crippen LogP contribution in [-0.4, -0.2) is 16.2 Å². The molecule has 0 aliphatic heterocycles. The summed E-state index contributed by atoms with van der Waals surface area (Å²) in [6.45, 7) is 4.23. The minimum absolute atomic E-state index is 0.0436. The molecule has 18 heavy (non-hydrogen) atoms. The Kier molecular flexibility index (Phi) is 4.59. The molecule has 2 unspecified atom stereocenters. The molecule has 0 aromatic carbocycles. The molecule has 1 heterocycles. The number of hydrogen-bond donors (Lipinski definition) is 1. The molecular formula is C15H23NO2. The van der Waals surface area contributed by atoms with Crippen LogP contribution in [0, 0.1) is 12.8 Å². The average Bonchev–Trinajstić information content (AvgIpc) is 2.38. The standard InChI is InChI=1S/C15H23NO2/c1-3-12-5-4-6-14(8-12)18-15-9-13(10-17)7-11(2)16-15/h7,9,12,14,17H,3-6,8,10H2,1-2H3. The molecule has 0 bridgehead atoms. The van der Waals surface area contributed by atoms with Crippen molar-refractivity contribution in [3.05, 3.63) is 23.4 Å². The second kappa shape index (κ2) is 6.19. The molecule has 1 aromatic rings. The van der Waals surface area contributed by atoms with Crippen molar-refractivity contribution in [2.24, 2.45) is 5.92 Å². The van der Waals surface area contributed by atoms with Gasteiger partial charge in [-0.25, -0.2) is 4.98 Å². The van der Waals surface area contributed by atoms with Crippen molar-refractivity contribution in [2.75, 3.05) is 0 Å². The van der Waals surface area contributed by atoms with E-state index in [1.165, 1.54) is 19.3 Å². The zero-order valence-corrected chi connectivity index (χ0v) is 11.4. The van der Waals surface area contributed by atoms with E-state index >= 15 is 0 Å². The largest absolute Gasteiger partial charge is 0.474 e. The van der Waals surface area contributed by atoms with Gasteiger partial charge in [0.05, 0.1) is 6.61 Å². The molecule has 1 saturated carbocycles. The molecule has 1 aliphatic rings. The Morgan fingerprint density at radius 1 is 1.39 bits per heavy atom. The first kappa shape index (κ1) is 13.3. The van der Waals surface area contributed by atoms with Crippen LogP contribution in [0.2, 0.25) is 0 Å². The summed E-state index contributed by atoms with van der Waals surface area (Å²) >= 11 is 0. The van der Waals surface area contributed by atoms with Crippen molar-refractivity contribution in [1.29, 1.82) is 0 Å². The molecule has 1 aliphatic carbocycles. The summed E-state index contributed by atoms with van der Waals surface area (Å²) in [6.07, 6.45) is 6.38. The van der Waals surface area contributed by atoms with Crippen LogP contribution in [0.3, 0.4) is 0 Å². The van der Waals surface area contributed by atoms with Crippen LogP contribution < -0.4 is 4.74 Å². The maximum Gasteiger partial charge on any atom is 0.214 e. The maximum atomic E-state index is 9.19. The van der Waals surface area contributed by atoms with E-state index in [1.807, 2.05) is 19.1 Å². The molecule has 1 N–H and O–H groups in total. The second-order valence-corrected chi connectivity index (χ2v) is 5.29. The van der Waals surface area contributed by atoms with Gasteiger partial charge < -0.3 is 9.84 Å². The van der Waals surface area contributed by atoms with Gasteiger partial charge in [0.1, 0.15) is 6.10 Å². The lowest BCUT2D eigenvalue weighted by molar-refractivity contribution is 0.116. The summed E-state index contributed by atoms with van der Waals surface area (Å²) in [7, 11) is 0. The summed E-state index contributed by atoms with van der Waals surface area (Å²) < 4.78 is 5.99. The Labute approximate surface area is 109 Å². The molecule has 2 atom stereocenters. The Bertz CT molecular complexity index is 392. The molecule has 3 heteroatoms. The topological polar surface area (TPSA) is 42.4 Å². The third-order valence-corrected chi connectivity index (χ3v) is 3.77. The van der Waals surface area contributed by atoms with E-state index in [-0.39, 0.29) is 6.61 Å². The minimum atomic E-state index is 0.0436. The van der Waals surface area contributed by atoms with Crippen LogP contribution in [-0.2, 0) is 6.61 Å². The van der Waals surface area contributed by atoms with Crippen molar-refractivity contribution < 1.29 is 9.84 Å². The van der Waals surface area contributed by atoms with E-state index in [1.54, 1.807) is 0 Å². The van der Waals surface area contributed by atoms with Crippen LogP contribution in [0.4, 0.5) is 0 Å². The van der Waals surface area contributed by atoms with Crippen molar-refractivity contribution in [3.63, 3.8) is 0 Å². The van der Waals surface area contributed by atoms with Gasteiger partial charge in [0.25, 0.3) is 0 Å². The third-order valence-electron chi connectivity index (χ3n) is 3.77. The van der Waals surface area contributed by atoms with E-state index in [2.05, 4.69) is 11.9 Å². The highest BCUT2D eigenvalue weighted by Crippen LogP contribution is 2.29. The molecule has 1 fully saturated rings. The first-order valence-electron chi connectivity index (χ1n) is 6.96. The highest BCUT2D eigenvalue weighted by molar-refractivity contribution is 5.24. The van der Waals surface area contributed by atoms with Crippen LogP contribution in [0.15, 0.2) is 12.1 Å². The van der Waals surface area contributed by atoms with Crippen LogP contribution in [0.25, 0.3) is 0 Å². The molecule has 0 spiro atoms. The first-order chi connectivity index (χ1) is 8.71. The molecule has 2 rings (SSSR count). The fourth-order valence-corrected chi connectivity index (χ4v) is 2.75. The predicted octanol–water partition coefficient (Wildman–Crippen LogP) is 3.23. The maximum absolute atomic E-state index is 9.19. The number of pyridine rings is 1. The van der Waals surface area contributed by atoms with E-state index in [9.17, 15) is 5.11 Å². The first-order valence-corrected chi connectivity index (χ1v) is 6.96. The van der Waals surface area contributed by atoms with Crippen molar-refractivity contribution in [1.82, 2.24) is 4.98 Å². The number of hydrogen-bond acceptors (Lipinski definition) is 3. The molecule has 0 radical (unpaired) electrons. The normalized spacial score (nSPS) is 23.9. The number of aryl methyl sites for hydroxylation is 1. The molecule has 0 saturated heterocycles. The lowest BCUT2D eigenvalue weighted by Crippen LogP contribution is -2.25. The Hall–Kier alpha value is -1.09. The molecule has 1 aromatic heterocycles. The number of ether oxygens (including phenoxy) is 1. The van der Waals surface area contributed by atoms with Gasteiger partial charge in [-0.2, -0.15) is 0 Å². The number of aliphatic hydroxyl groups excluding tert-OH is 1. The van der Waals surface area contributed by atoms with Crippen molar-refractivity contribution in [3.8, 4) is 5.88 Å². The monoisotopic (exact) mass is 249 g/mol. The number of nitrogens with zero attached hydrogens (tertiary/aromatic N) is 1. The van der Waals surface area contributed by atoms with Gasteiger partial charge in [0, 0.05) is 11.8 Å². The fourth-order valence-electron chi connectivity index (χ4n) is 2.75. The molecule has 0 amide bonds. The van der Waals surface area contributed by atoms with Crippen LogP contribution >= 0.6 is 0 Å². The van der Waals surface area contributed by atoms with Gasteiger partial charge >= 0.3 is 0 Å². The molecular weight excluding hydrogens is 226 g/mol. The zero-order valence-electron chi connectivity index (χ0n) is 11.4. The molecule has 100 valence electrons. The van der Waals surface area contributed by atoms with E-state index in [0.29, 0.717) is 12.0 Å². The number of rotatable bonds is 4. The predicted molar refractivity (Wildman–Crippen MR) is 71.6 cm³/mol.